The molecule has 0 rings (SSSR count). The predicted octanol–water partition coefficient (Wildman–Crippen LogP) is 2.54. The second kappa shape index (κ2) is 5.81. The number of esters is 1. The van der Waals surface area contributed by atoms with E-state index in [1.54, 1.807) is 0 Å². The fourth-order valence-electron chi connectivity index (χ4n) is 1.02. The number of rotatable bonds is 5. The standard InChI is InChI=1S/C10H18O2/c1-5-6-7-10(8(2)3)12-9(4)11/h5,8,10H,1,6-7H2,2-4H3. The summed E-state index contributed by atoms with van der Waals surface area (Å²) in [5.41, 5.74) is 0. The lowest BCUT2D eigenvalue weighted by Crippen LogP contribution is -2.21. The molecule has 0 aromatic carbocycles. The van der Waals surface area contributed by atoms with Gasteiger partial charge in [0.2, 0.25) is 0 Å². The van der Waals surface area contributed by atoms with Crippen molar-refractivity contribution in [3.63, 3.8) is 0 Å². The van der Waals surface area contributed by atoms with Crippen LogP contribution in [0.2, 0.25) is 0 Å². The summed E-state index contributed by atoms with van der Waals surface area (Å²) in [4.78, 5) is 10.7. The number of hydrogen-bond donors (Lipinski definition) is 0. The molecule has 0 fully saturated rings. The Kier molecular flexibility index (Phi) is 5.43. The van der Waals surface area contributed by atoms with E-state index in [0.29, 0.717) is 5.92 Å². The Labute approximate surface area is 74.6 Å². The van der Waals surface area contributed by atoms with Crippen molar-refractivity contribution in [3.05, 3.63) is 12.7 Å². The predicted molar refractivity (Wildman–Crippen MR) is 49.8 cm³/mol. The zero-order chi connectivity index (χ0) is 9.56. The second-order valence-corrected chi connectivity index (χ2v) is 3.26. The number of allylic oxidation sites excluding steroid dienone is 1. The minimum atomic E-state index is -0.197. The molecule has 0 aliphatic rings. The lowest BCUT2D eigenvalue weighted by molar-refractivity contribution is -0.148. The Hall–Kier alpha value is -0.790. The molecule has 0 N–H and O–H groups in total. The summed E-state index contributed by atoms with van der Waals surface area (Å²) in [6, 6.07) is 0. The normalized spacial score (nSPS) is 12.7. The van der Waals surface area contributed by atoms with Gasteiger partial charge >= 0.3 is 5.97 Å². The largest absolute Gasteiger partial charge is 0.462 e. The van der Waals surface area contributed by atoms with Crippen LogP contribution in [0, 0.1) is 5.92 Å². The van der Waals surface area contributed by atoms with E-state index in [1.165, 1.54) is 6.92 Å². The molecule has 0 saturated carbocycles. The van der Waals surface area contributed by atoms with Crippen LogP contribution in [-0.4, -0.2) is 12.1 Å². The summed E-state index contributed by atoms with van der Waals surface area (Å²) < 4.78 is 5.13. The first kappa shape index (κ1) is 11.2. The van der Waals surface area contributed by atoms with Crippen LogP contribution in [-0.2, 0) is 9.53 Å². The van der Waals surface area contributed by atoms with E-state index < -0.39 is 0 Å². The molecular weight excluding hydrogens is 152 g/mol. The molecule has 2 nitrogen and oxygen atoms in total. The topological polar surface area (TPSA) is 26.3 Å². The van der Waals surface area contributed by atoms with Gasteiger partial charge in [-0.15, -0.1) is 6.58 Å². The molecule has 0 aromatic heterocycles. The van der Waals surface area contributed by atoms with Crippen molar-refractivity contribution >= 4 is 5.97 Å². The molecule has 0 bridgehead atoms. The van der Waals surface area contributed by atoms with Crippen molar-refractivity contribution in [2.24, 2.45) is 5.92 Å². The minimum Gasteiger partial charge on any atom is -0.462 e. The van der Waals surface area contributed by atoms with Gasteiger partial charge in [-0.2, -0.15) is 0 Å². The van der Waals surface area contributed by atoms with Gasteiger partial charge in [-0.05, 0) is 18.8 Å². The molecule has 0 radical (unpaired) electrons. The highest BCUT2D eigenvalue weighted by atomic mass is 16.5. The zero-order valence-corrected chi connectivity index (χ0v) is 8.17. The molecule has 0 spiro atoms. The Bertz CT molecular complexity index is 150. The van der Waals surface area contributed by atoms with Gasteiger partial charge in [-0.1, -0.05) is 19.9 Å². The SMILES string of the molecule is C=CCCC(OC(C)=O)C(C)C. The van der Waals surface area contributed by atoms with Gasteiger partial charge in [0, 0.05) is 6.92 Å². The van der Waals surface area contributed by atoms with E-state index >= 15 is 0 Å². The molecule has 1 unspecified atom stereocenters. The zero-order valence-electron chi connectivity index (χ0n) is 8.17. The van der Waals surface area contributed by atoms with Gasteiger partial charge in [0.1, 0.15) is 6.10 Å². The third-order valence-corrected chi connectivity index (χ3v) is 1.72. The van der Waals surface area contributed by atoms with Crippen molar-refractivity contribution < 1.29 is 9.53 Å². The molecular formula is C10H18O2. The smallest absolute Gasteiger partial charge is 0.302 e. The third kappa shape index (κ3) is 4.94. The molecule has 1 atom stereocenters. The third-order valence-electron chi connectivity index (χ3n) is 1.72. The molecule has 12 heavy (non-hydrogen) atoms. The van der Waals surface area contributed by atoms with Gasteiger partial charge in [-0.25, -0.2) is 0 Å². The van der Waals surface area contributed by atoms with Crippen LogP contribution in [0.25, 0.3) is 0 Å². The molecule has 0 amide bonds. The quantitative estimate of drug-likeness (QED) is 0.468. The average Bonchev–Trinajstić information content (AvgIpc) is 1.96. The molecule has 0 saturated heterocycles. The first-order chi connectivity index (χ1) is 5.57. The summed E-state index contributed by atoms with van der Waals surface area (Å²) in [6.07, 6.45) is 3.66. The minimum absolute atomic E-state index is 0.0421. The first-order valence-electron chi connectivity index (χ1n) is 4.36. The highest BCUT2D eigenvalue weighted by Gasteiger charge is 2.14. The number of hydrogen-bond acceptors (Lipinski definition) is 2. The summed E-state index contributed by atoms with van der Waals surface area (Å²) in [7, 11) is 0. The fourth-order valence-corrected chi connectivity index (χ4v) is 1.02. The van der Waals surface area contributed by atoms with Gasteiger partial charge in [0.15, 0.2) is 0 Å². The van der Waals surface area contributed by atoms with Crippen LogP contribution in [0.3, 0.4) is 0 Å². The van der Waals surface area contributed by atoms with Crippen molar-refractivity contribution in [3.8, 4) is 0 Å². The maximum atomic E-state index is 10.7. The van der Waals surface area contributed by atoms with Crippen LogP contribution in [0.1, 0.15) is 33.6 Å². The summed E-state index contributed by atoms with van der Waals surface area (Å²) in [5.74, 6) is 0.187. The van der Waals surface area contributed by atoms with Crippen LogP contribution in [0.15, 0.2) is 12.7 Å². The van der Waals surface area contributed by atoms with Crippen LogP contribution >= 0.6 is 0 Å². The number of ether oxygens (including phenoxy) is 1. The van der Waals surface area contributed by atoms with Gasteiger partial charge in [0.25, 0.3) is 0 Å². The molecule has 70 valence electrons. The second-order valence-electron chi connectivity index (χ2n) is 3.26. The van der Waals surface area contributed by atoms with E-state index in [-0.39, 0.29) is 12.1 Å². The Balaban J connectivity index is 3.85. The summed E-state index contributed by atoms with van der Waals surface area (Å²) >= 11 is 0. The Morgan fingerprint density at radius 1 is 1.58 bits per heavy atom. The van der Waals surface area contributed by atoms with Crippen molar-refractivity contribution in [1.82, 2.24) is 0 Å². The van der Waals surface area contributed by atoms with Crippen molar-refractivity contribution in [2.75, 3.05) is 0 Å². The van der Waals surface area contributed by atoms with E-state index in [2.05, 4.69) is 20.4 Å². The van der Waals surface area contributed by atoms with E-state index in [4.69, 9.17) is 4.74 Å². The molecule has 0 aromatic rings. The van der Waals surface area contributed by atoms with Gasteiger partial charge < -0.3 is 4.74 Å². The molecule has 2 heteroatoms. The fraction of sp³-hybridized carbons (Fsp3) is 0.700. The van der Waals surface area contributed by atoms with Gasteiger partial charge in [-0.3, -0.25) is 4.79 Å². The summed E-state index contributed by atoms with van der Waals surface area (Å²) in [6.45, 7) is 9.18. The van der Waals surface area contributed by atoms with Crippen LogP contribution in [0.4, 0.5) is 0 Å². The maximum absolute atomic E-state index is 10.7. The maximum Gasteiger partial charge on any atom is 0.302 e. The van der Waals surface area contributed by atoms with E-state index in [1.807, 2.05) is 6.08 Å². The monoisotopic (exact) mass is 170 g/mol. The number of carbonyl (C=O) groups excluding carboxylic acids is 1. The van der Waals surface area contributed by atoms with Crippen LogP contribution < -0.4 is 0 Å². The van der Waals surface area contributed by atoms with E-state index in [0.717, 1.165) is 12.8 Å². The Morgan fingerprint density at radius 2 is 2.17 bits per heavy atom. The highest BCUT2D eigenvalue weighted by Crippen LogP contribution is 2.13. The Morgan fingerprint density at radius 3 is 2.50 bits per heavy atom. The van der Waals surface area contributed by atoms with Crippen LogP contribution in [0.5, 0.6) is 0 Å². The molecule has 0 aliphatic carbocycles. The molecule has 0 aliphatic heterocycles. The van der Waals surface area contributed by atoms with Crippen molar-refractivity contribution in [1.29, 1.82) is 0 Å². The average molecular weight is 170 g/mol. The molecule has 0 heterocycles. The van der Waals surface area contributed by atoms with Crippen molar-refractivity contribution in [2.45, 2.75) is 39.7 Å². The van der Waals surface area contributed by atoms with Gasteiger partial charge in [0.05, 0.1) is 0 Å². The lowest BCUT2D eigenvalue weighted by atomic mass is 10.0. The summed E-state index contributed by atoms with van der Waals surface area (Å²) in [5, 5.41) is 0. The highest BCUT2D eigenvalue weighted by molar-refractivity contribution is 5.66. The first-order valence-corrected chi connectivity index (χ1v) is 4.36. The lowest BCUT2D eigenvalue weighted by Gasteiger charge is -2.19. The van der Waals surface area contributed by atoms with E-state index in [9.17, 15) is 4.79 Å². The number of carbonyl (C=O) groups is 1.